The average molecular weight is 510 g/mol. The number of nitrogens with zero attached hydrogens (tertiary/aromatic N) is 7. The zero-order valence-electron chi connectivity index (χ0n) is 21.6. The highest BCUT2D eigenvalue weighted by molar-refractivity contribution is 5.83. The lowest BCUT2D eigenvalue weighted by molar-refractivity contribution is 0.394. The van der Waals surface area contributed by atoms with Crippen molar-refractivity contribution in [2.45, 2.75) is 0 Å². The van der Waals surface area contributed by atoms with Gasteiger partial charge in [0.25, 0.3) is 0 Å². The molecule has 0 bridgehead atoms. The first-order valence-electron chi connectivity index (χ1n) is 11.9. The van der Waals surface area contributed by atoms with Gasteiger partial charge in [0.1, 0.15) is 11.5 Å². The minimum Gasteiger partial charge on any atom is -0.497 e. The lowest BCUT2D eigenvalue weighted by Gasteiger charge is -2.25. The summed E-state index contributed by atoms with van der Waals surface area (Å²) >= 11 is 0. The fourth-order valence-corrected chi connectivity index (χ4v) is 3.98. The molecule has 0 amide bonds. The highest BCUT2D eigenvalue weighted by Gasteiger charge is 2.14. The molecule has 0 radical (unpaired) electrons. The summed E-state index contributed by atoms with van der Waals surface area (Å²) in [7, 11) is 6.72. The number of fused-ring (bicyclic) bond motifs is 1. The fourth-order valence-electron chi connectivity index (χ4n) is 3.98. The molecule has 2 aromatic carbocycles. The first kappa shape index (κ1) is 24.7. The van der Waals surface area contributed by atoms with Crippen molar-refractivity contribution in [2.75, 3.05) is 32.8 Å². The number of hydrogen-bond acceptors (Lipinski definition) is 9. The Morgan fingerprint density at radius 2 is 1.66 bits per heavy atom. The molecule has 0 fully saturated rings. The van der Waals surface area contributed by atoms with Crippen LogP contribution in [0.3, 0.4) is 0 Å². The molecule has 0 unspecified atom stereocenters. The van der Waals surface area contributed by atoms with Gasteiger partial charge in [-0.1, -0.05) is 6.08 Å². The number of anilines is 2. The molecule has 0 N–H and O–H groups in total. The van der Waals surface area contributed by atoms with Gasteiger partial charge in [0, 0.05) is 67.2 Å². The van der Waals surface area contributed by atoms with Gasteiger partial charge < -0.3 is 19.1 Å². The smallest absolute Gasteiger partial charge is 0.216 e. The number of aryl methyl sites for hydroxylation is 1. The first-order chi connectivity index (χ1) is 18.6. The Balaban J connectivity index is 1.55. The normalized spacial score (nSPS) is 11.2. The lowest BCUT2D eigenvalue weighted by Crippen LogP contribution is -2.17. The summed E-state index contributed by atoms with van der Waals surface area (Å²) < 4.78 is 18.0. The fraction of sp³-hybridized carbons (Fsp3) is 0.179. The summed E-state index contributed by atoms with van der Waals surface area (Å²) in [6, 6.07) is 13.5. The molecule has 0 atom stereocenters. The van der Waals surface area contributed by atoms with Gasteiger partial charge in [0.2, 0.25) is 5.88 Å². The van der Waals surface area contributed by atoms with Crippen molar-refractivity contribution in [1.82, 2.24) is 29.7 Å². The molecule has 10 heteroatoms. The second kappa shape index (κ2) is 11.0. The van der Waals surface area contributed by atoms with Gasteiger partial charge in [-0.15, -0.1) is 0 Å². The van der Waals surface area contributed by atoms with Crippen molar-refractivity contribution < 1.29 is 14.2 Å². The molecule has 5 rings (SSSR count). The van der Waals surface area contributed by atoms with Crippen molar-refractivity contribution in [1.29, 1.82) is 0 Å². The van der Waals surface area contributed by atoms with Crippen LogP contribution in [0.5, 0.6) is 17.4 Å². The third-order valence-corrected chi connectivity index (χ3v) is 5.90. The van der Waals surface area contributed by atoms with E-state index in [2.05, 4.69) is 25.0 Å². The summed E-state index contributed by atoms with van der Waals surface area (Å²) in [4.78, 5) is 20.3. The molecule has 0 spiro atoms. The van der Waals surface area contributed by atoms with Gasteiger partial charge in [-0.2, -0.15) is 10.1 Å². The quantitative estimate of drug-likeness (QED) is 0.280. The molecular weight excluding hydrogens is 482 g/mol. The zero-order valence-corrected chi connectivity index (χ0v) is 21.6. The predicted octanol–water partition coefficient (Wildman–Crippen LogP) is 4.70. The van der Waals surface area contributed by atoms with Crippen LogP contribution in [0.15, 0.2) is 73.3 Å². The number of benzene rings is 2. The van der Waals surface area contributed by atoms with E-state index in [-0.39, 0.29) is 0 Å². The van der Waals surface area contributed by atoms with E-state index in [0.717, 1.165) is 33.7 Å². The number of hydrogen-bond donors (Lipinski definition) is 0. The maximum Gasteiger partial charge on any atom is 0.216 e. The van der Waals surface area contributed by atoms with Crippen molar-refractivity contribution in [3.63, 3.8) is 0 Å². The Morgan fingerprint density at radius 1 is 0.842 bits per heavy atom. The van der Waals surface area contributed by atoms with Gasteiger partial charge in [-0.05, 0) is 24.3 Å². The minimum absolute atomic E-state index is 0.506. The van der Waals surface area contributed by atoms with Crippen LogP contribution in [0.1, 0.15) is 5.82 Å². The minimum atomic E-state index is 0.506. The second-order valence-electron chi connectivity index (χ2n) is 8.37. The molecule has 0 aliphatic carbocycles. The van der Waals surface area contributed by atoms with E-state index in [1.807, 2.05) is 61.8 Å². The van der Waals surface area contributed by atoms with Crippen LogP contribution in [0.4, 0.5) is 11.4 Å². The van der Waals surface area contributed by atoms with Crippen LogP contribution in [0, 0.1) is 0 Å². The second-order valence-corrected chi connectivity index (χ2v) is 8.37. The van der Waals surface area contributed by atoms with Crippen molar-refractivity contribution >= 4 is 28.5 Å². The molecule has 0 saturated carbocycles. The van der Waals surface area contributed by atoms with Gasteiger partial charge in [0.05, 0.1) is 50.5 Å². The van der Waals surface area contributed by atoms with Gasteiger partial charge in [0.15, 0.2) is 5.82 Å². The number of methoxy groups -OCH3 is 3. The molecule has 10 nitrogen and oxygen atoms in total. The topological polar surface area (TPSA) is 100 Å². The van der Waals surface area contributed by atoms with Crippen LogP contribution in [-0.4, -0.2) is 57.6 Å². The Bertz CT molecular complexity index is 1580. The molecule has 3 aromatic heterocycles. The Morgan fingerprint density at radius 3 is 2.37 bits per heavy atom. The maximum absolute atomic E-state index is 5.53. The van der Waals surface area contributed by atoms with Crippen LogP contribution in [-0.2, 0) is 7.05 Å². The molecular formula is C28H27N7O3. The van der Waals surface area contributed by atoms with E-state index >= 15 is 0 Å². The first-order valence-corrected chi connectivity index (χ1v) is 11.9. The molecule has 0 aliphatic rings. The Hall–Kier alpha value is -4.99. The van der Waals surface area contributed by atoms with Crippen LogP contribution < -0.4 is 19.1 Å². The van der Waals surface area contributed by atoms with Crippen LogP contribution in [0.2, 0.25) is 0 Å². The van der Waals surface area contributed by atoms with E-state index < -0.39 is 0 Å². The highest BCUT2D eigenvalue weighted by atomic mass is 16.5. The predicted molar refractivity (Wildman–Crippen MR) is 146 cm³/mol. The molecule has 38 heavy (non-hydrogen) atoms. The standard InChI is InChI=1S/C28H27N7O3/c1-34-18-19(16-31-34)26-17-30-24-8-7-20(14-25(24)32-26)35(21-12-22(36-2)15-23(13-21)37-3)11-5-6-27-29-10-9-28(33-27)38-4/h5-10,12-18H,11H2,1-4H3. The lowest BCUT2D eigenvalue weighted by atomic mass is 10.2. The number of aromatic nitrogens is 6. The molecule has 0 aliphatic heterocycles. The van der Waals surface area contributed by atoms with Gasteiger partial charge in [-0.25, -0.2) is 9.97 Å². The van der Waals surface area contributed by atoms with E-state index in [1.165, 1.54) is 0 Å². The maximum atomic E-state index is 5.53. The Kier molecular flexibility index (Phi) is 7.12. The molecule has 5 aromatic rings. The van der Waals surface area contributed by atoms with E-state index in [1.54, 1.807) is 50.7 Å². The van der Waals surface area contributed by atoms with Crippen LogP contribution in [0.25, 0.3) is 28.4 Å². The number of ether oxygens (including phenoxy) is 3. The van der Waals surface area contributed by atoms with Crippen molar-refractivity contribution in [2.24, 2.45) is 7.05 Å². The van der Waals surface area contributed by atoms with Gasteiger partial charge in [-0.3, -0.25) is 9.67 Å². The van der Waals surface area contributed by atoms with Crippen molar-refractivity contribution in [3.8, 4) is 28.6 Å². The summed E-state index contributed by atoms with van der Waals surface area (Å²) in [6.07, 6.45) is 11.0. The zero-order chi connectivity index (χ0) is 26.5. The molecule has 0 saturated heterocycles. The SMILES string of the molecule is COc1cc(OC)cc(N(CC=Cc2nccc(OC)n2)c2ccc3ncc(-c4cnn(C)c4)nc3c2)c1. The van der Waals surface area contributed by atoms with E-state index in [4.69, 9.17) is 19.2 Å². The Labute approximate surface area is 220 Å². The summed E-state index contributed by atoms with van der Waals surface area (Å²) in [5.74, 6) is 2.43. The molecule has 3 heterocycles. The van der Waals surface area contributed by atoms with Crippen LogP contribution >= 0.6 is 0 Å². The largest absolute Gasteiger partial charge is 0.497 e. The molecule has 192 valence electrons. The van der Waals surface area contributed by atoms with Gasteiger partial charge >= 0.3 is 0 Å². The average Bonchev–Trinajstić information content (AvgIpc) is 3.40. The monoisotopic (exact) mass is 509 g/mol. The highest BCUT2D eigenvalue weighted by Crippen LogP contribution is 2.34. The summed E-state index contributed by atoms with van der Waals surface area (Å²) in [6.45, 7) is 0.512. The third-order valence-electron chi connectivity index (χ3n) is 5.90. The summed E-state index contributed by atoms with van der Waals surface area (Å²) in [5, 5.41) is 4.25. The third kappa shape index (κ3) is 5.39. The van der Waals surface area contributed by atoms with Crippen molar-refractivity contribution in [3.05, 3.63) is 79.2 Å². The number of rotatable bonds is 9. The summed E-state index contributed by atoms with van der Waals surface area (Å²) in [5.41, 5.74) is 5.03. The van der Waals surface area contributed by atoms with E-state index in [0.29, 0.717) is 29.7 Å². The van der Waals surface area contributed by atoms with E-state index in [9.17, 15) is 0 Å².